The zero-order chi connectivity index (χ0) is 11.2. The van der Waals surface area contributed by atoms with E-state index in [4.69, 9.17) is 0 Å². The van der Waals surface area contributed by atoms with Gasteiger partial charge in [-0.15, -0.1) is 0 Å². The quantitative estimate of drug-likeness (QED) is 0.441. The van der Waals surface area contributed by atoms with Gasteiger partial charge in [-0.25, -0.2) is 0 Å². The average molecular weight is 351 g/mol. The number of hydrogen-bond acceptors (Lipinski definition) is 0. The zero-order valence-corrected chi connectivity index (χ0v) is 14.1. The Labute approximate surface area is 107 Å². The number of rotatable bonds is 0. The van der Waals surface area contributed by atoms with Crippen LogP contribution in [0.25, 0.3) is 0 Å². The van der Waals surface area contributed by atoms with Gasteiger partial charge in [0.05, 0.1) is 0 Å². The molecule has 0 aromatic rings. The Kier molecular flexibility index (Phi) is 86.3. The molecule has 0 atom stereocenters. The van der Waals surface area contributed by atoms with Crippen LogP contribution in [0.15, 0.2) is 0 Å². The van der Waals surface area contributed by atoms with E-state index in [2.05, 4.69) is 55.4 Å². The van der Waals surface area contributed by atoms with Gasteiger partial charge in [-0.1, -0.05) is 27.7 Å². The van der Waals surface area contributed by atoms with Gasteiger partial charge in [0.1, 0.15) is 0 Å². The van der Waals surface area contributed by atoms with Gasteiger partial charge in [0.25, 0.3) is 0 Å². The molecule has 1 heteroatoms. The fourth-order valence-electron chi connectivity index (χ4n) is 0. The molecule has 0 saturated carbocycles. The van der Waals surface area contributed by atoms with Gasteiger partial charge in [0.15, 0.2) is 0 Å². The second kappa shape index (κ2) is 38.4. The smallest absolute Gasteiger partial charge is 0.346 e. The van der Waals surface area contributed by atoms with Gasteiger partial charge < -0.3 is 27.7 Å². The van der Waals surface area contributed by atoms with Gasteiger partial charge in [0.2, 0.25) is 0 Å². The van der Waals surface area contributed by atoms with E-state index in [0.717, 1.165) is 0 Å². The monoisotopic (exact) mass is 352 g/mol. The van der Waals surface area contributed by atoms with Crippen LogP contribution in [0.3, 0.4) is 0 Å². The van der Waals surface area contributed by atoms with Crippen LogP contribution in [0.1, 0.15) is 41.5 Å². The zero-order valence-electron chi connectivity index (χ0n) is 10.5. The Morgan fingerprint density at radius 3 is 0.615 bits per heavy atom. The summed E-state index contributed by atoms with van der Waals surface area (Å²) in [5.41, 5.74) is 0. The maximum Gasteiger partial charge on any atom is 4.00 e. The number of hydrogen-bond donors (Lipinski definition) is 0. The fourth-order valence-corrected chi connectivity index (χ4v) is 0. The minimum atomic E-state index is 0. The van der Waals surface area contributed by atoms with Crippen molar-refractivity contribution in [2.45, 2.75) is 41.5 Å². The molecule has 0 amide bonds. The van der Waals surface area contributed by atoms with Crippen LogP contribution in [-0.2, 0) is 25.8 Å². The van der Waals surface area contributed by atoms with Gasteiger partial charge in [0, 0.05) is 0 Å². The predicted octanol–water partition coefficient (Wildman–Crippen LogP) is 4.63. The van der Waals surface area contributed by atoms with Crippen LogP contribution in [0, 0.1) is 39.5 Å². The molecular formula is C12H28Hf. The first-order valence-corrected chi connectivity index (χ1v) is 4.54. The molecule has 0 unspecified atom stereocenters. The van der Waals surface area contributed by atoms with E-state index >= 15 is 0 Å². The molecule has 0 aliphatic rings. The first kappa shape index (κ1) is 29.2. The Balaban J connectivity index is -0.0000000226. The molecule has 0 spiro atoms. The summed E-state index contributed by atoms with van der Waals surface area (Å²) in [7, 11) is 0. The second-order valence-corrected chi connectivity index (χ2v) is 2.79. The van der Waals surface area contributed by atoms with Crippen molar-refractivity contribution >= 4 is 0 Å². The van der Waals surface area contributed by atoms with Gasteiger partial charge in [-0.3, -0.25) is 0 Å². The molecule has 0 saturated heterocycles. The minimum absolute atomic E-state index is 0. The minimum Gasteiger partial charge on any atom is -0.346 e. The van der Waals surface area contributed by atoms with Crippen LogP contribution in [-0.4, -0.2) is 0 Å². The summed E-state index contributed by atoms with van der Waals surface area (Å²) in [5.74, 6) is 1.17. The molecule has 0 N–H and O–H groups in total. The summed E-state index contributed by atoms with van der Waals surface area (Å²) in [6, 6.07) is 0. The van der Waals surface area contributed by atoms with E-state index in [9.17, 15) is 0 Å². The molecule has 0 aliphatic heterocycles. The van der Waals surface area contributed by atoms with Crippen LogP contribution in [0.2, 0.25) is 0 Å². The summed E-state index contributed by atoms with van der Waals surface area (Å²) in [4.78, 5) is 0. The van der Waals surface area contributed by atoms with Crippen molar-refractivity contribution in [2.24, 2.45) is 11.8 Å². The molecule has 0 fully saturated rings. The molecule has 0 rings (SSSR count). The third-order valence-corrected chi connectivity index (χ3v) is 0. The third kappa shape index (κ3) is 2010. The Hall–Kier alpha value is 0.870. The second-order valence-electron chi connectivity index (χ2n) is 2.79. The maximum atomic E-state index is 3.64. The fraction of sp³-hybridized carbons (Fsp3) is 0.667. The van der Waals surface area contributed by atoms with Crippen LogP contribution in [0.4, 0.5) is 0 Å². The van der Waals surface area contributed by atoms with Gasteiger partial charge in [-0.05, 0) is 0 Å². The van der Waals surface area contributed by atoms with E-state index in [0.29, 0.717) is 11.8 Å². The van der Waals surface area contributed by atoms with Gasteiger partial charge in [-0.2, -0.15) is 25.7 Å². The van der Waals surface area contributed by atoms with Crippen molar-refractivity contribution < 1.29 is 25.8 Å². The summed E-state index contributed by atoms with van der Waals surface area (Å²) in [5, 5.41) is 0. The first-order chi connectivity index (χ1) is 5.46. The van der Waals surface area contributed by atoms with E-state index in [1.54, 1.807) is 13.8 Å². The summed E-state index contributed by atoms with van der Waals surface area (Å²) in [6.07, 6.45) is 0. The van der Waals surface area contributed by atoms with Crippen molar-refractivity contribution in [3.05, 3.63) is 27.7 Å². The Bertz CT molecular complexity index is 20.6. The molecule has 0 nitrogen and oxygen atoms in total. The predicted molar refractivity (Wildman–Crippen MR) is 62.5 cm³/mol. The molecule has 0 bridgehead atoms. The van der Waals surface area contributed by atoms with Crippen molar-refractivity contribution in [3.63, 3.8) is 0 Å². The molecule has 0 heterocycles. The standard InChI is InChI=1S/2C4H9.2C2H5.Hf/c2*1-4(2)3;2*1-2;/h2*4H,1H2,2-3H3;2*1H2,2H3;/q4*-1;+4. The normalized spacial score (nSPS) is 6.46. The maximum absolute atomic E-state index is 3.64. The topological polar surface area (TPSA) is 0 Å². The summed E-state index contributed by atoms with van der Waals surface area (Å²) >= 11 is 0. The van der Waals surface area contributed by atoms with Crippen molar-refractivity contribution in [1.82, 2.24) is 0 Å². The van der Waals surface area contributed by atoms with E-state index in [1.807, 2.05) is 0 Å². The van der Waals surface area contributed by atoms with Crippen LogP contribution < -0.4 is 0 Å². The largest absolute Gasteiger partial charge is 4.00 e. The molecule has 0 aromatic heterocycles. The molecular weight excluding hydrogens is 323 g/mol. The molecule has 0 aromatic carbocycles. The Morgan fingerprint density at radius 2 is 0.615 bits per heavy atom. The average Bonchev–Trinajstić information content (AvgIpc) is 1.93. The van der Waals surface area contributed by atoms with Crippen molar-refractivity contribution in [3.8, 4) is 0 Å². The summed E-state index contributed by atoms with van der Waals surface area (Å²) in [6.45, 7) is 25.5. The molecule has 0 radical (unpaired) electrons. The third-order valence-electron chi connectivity index (χ3n) is 0. The molecule has 13 heavy (non-hydrogen) atoms. The molecule has 0 aliphatic carbocycles. The Morgan fingerprint density at radius 1 is 0.615 bits per heavy atom. The van der Waals surface area contributed by atoms with Crippen LogP contribution >= 0.6 is 0 Å². The van der Waals surface area contributed by atoms with E-state index < -0.39 is 0 Å². The first-order valence-electron chi connectivity index (χ1n) is 4.54. The van der Waals surface area contributed by atoms with Crippen molar-refractivity contribution in [2.75, 3.05) is 0 Å². The van der Waals surface area contributed by atoms with E-state index in [-0.39, 0.29) is 25.8 Å². The van der Waals surface area contributed by atoms with Gasteiger partial charge >= 0.3 is 25.8 Å². The van der Waals surface area contributed by atoms with Crippen LogP contribution in [0.5, 0.6) is 0 Å². The van der Waals surface area contributed by atoms with Crippen molar-refractivity contribution in [1.29, 1.82) is 0 Å². The van der Waals surface area contributed by atoms with E-state index in [1.165, 1.54) is 0 Å². The molecule has 80 valence electrons. The summed E-state index contributed by atoms with van der Waals surface area (Å²) < 4.78 is 0. The SMILES string of the molecule is [CH2-]C.[CH2-]C.[CH2-]C(C)C.[CH2-]C(C)C.[Hf+4].